The SMILES string of the molecule is Cc1cc(-n2ccnc2)cc2[nH]c(-c3c(NCCCN(C)C)cc[nH]c3=O)nc12. The largest absolute Gasteiger partial charge is 0.384 e. The smallest absolute Gasteiger partial charge is 0.261 e. The Morgan fingerprint density at radius 3 is 2.90 bits per heavy atom. The van der Waals surface area contributed by atoms with Crippen LogP contribution in [-0.2, 0) is 0 Å². The standard InChI is InChI=1S/C21H25N7O/c1-14-11-15(28-10-8-22-13-28)12-17-19(14)26-20(25-17)18-16(5-7-24-21(18)29)23-6-4-9-27(2)3/h5,7-8,10-13H,4,6,9H2,1-3H3,(H,25,26)(H2,23,24,29). The van der Waals surface area contributed by atoms with Gasteiger partial charge in [-0.2, -0.15) is 0 Å². The number of H-pyrrole nitrogens is 2. The van der Waals surface area contributed by atoms with Crippen LogP contribution in [0.5, 0.6) is 0 Å². The second-order valence-electron chi connectivity index (χ2n) is 7.39. The summed E-state index contributed by atoms with van der Waals surface area (Å²) in [6.07, 6.45) is 8.04. The first-order valence-electron chi connectivity index (χ1n) is 9.62. The number of benzene rings is 1. The molecule has 3 N–H and O–H groups in total. The van der Waals surface area contributed by atoms with Crippen molar-refractivity contribution in [1.82, 2.24) is 29.4 Å². The summed E-state index contributed by atoms with van der Waals surface area (Å²) in [5.74, 6) is 0.558. The van der Waals surface area contributed by atoms with E-state index >= 15 is 0 Å². The van der Waals surface area contributed by atoms with Crippen molar-refractivity contribution in [3.05, 3.63) is 59.0 Å². The minimum absolute atomic E-state index is 0.172. The Morgan fingerprint density at radius 2 is 2.14 bits per heavy atom. The van der Waals surface area contributed by atoms with Crippen molar-refractivity contribution in [1.29, 1.82) is 0 Å². The Bertz CT molecular complexity index is 1170. The van der Waals surface area contributed by atoms with Crippen LogP contribution in [0.4, 0.5) is 5.69 Å². The lowest BCUT2D eigenvalue weighted by Gasteiger charge is -2.12. The summed E-state index contributed by atoms with van der Waals surface area (Å²) in [5.41, 5.74) is 4.88. The molecule has 0 aliphatic carbocycles. The van der Waals surface area contributed by atoms with Gasteiger partial charge >= 0.3 is 0 Å². The van der Waals surface area contributed by atoms with Gasteiger partial charge in [-0.1, -0.05) is 0 Å². The first-order valence-corrected chi connectivity index (χ1v) is 9.62. The third kappa shape index (κ3) is 3.93. The molecule has 0 bridgehead atoms. The summed E-state index contributed by atoms with van der Waals surface area (Å²) in [4.78, 5) is 29.7. The minimum atomic E-state index is -0.172. The molecule has 3 heterocycles. The number of hydrogen-bond donors (Lipinski definition) is 3. The van der Waals surface area contributed by atoms with Crippen LogP contribution in [0.3, 0.4) is 0 Å². The van der Waals surface area contributed by atoms with Gasteiger partial charge < -0.3 is 24.8 Å². The maximum absolute atomic E-state index is 12.6. The highest BCUT2D eigenvalue weighted by Gasteiger charge is 2.16. The predicted molar refractivity (Wildman–Crippen MR) is 116 cm³/mol. The van der Waals surface area contributed by atoms with Crippen LogP contribution in [0.15, 0.2) is 47.9 Å². The lowest BCUT2D eigenvalue weighted by atomic mass is 10.2. The van der Waals surface area contributed by atoms with Gasteiger partial charge in [0.2, 0.25) is 0 Å². The molecule has 0 unspecified atom stereocenters. The molecular weight excluding hydrogens is 366 g/mol. The zero-order chi connectivity index (χ0) is 20.4. The Hall–Kier alpha value is -3.39. The number of aromatic nitrogens is 5. The van der Waals surface area contributed by atoms with Crippen molar-refractivity contribution in [2.45, 2.75) is 13.3 Å². The van der Waals surface area contributed by atoms with Crippen molar-refractivity contribution < 1.29 is 0 Å². The zero-order valence-electron chi connectivity index (χ0n) is 16.9. The number of hydrogen-bond acceptors (Lipinski definition) is 5. The van der Waals surface area contributed by atoms with E-state index in [1.807, 2.05) is 43.9 Å². The minimum Gasteiger partial charge on any atom is -0.384 e. The number of aromatic amines is 2. The quantitative estimate of drug-likeness (QED) is 0.421. The maximum atomic E-state index is 12.6. The normalized spacial score (nSPS) is 11.4. The second-order valence-corrected chi connectivity index (χ2v) is 7.39. The first-order chi connectivity index (χ1) is 14.0. The number of anilines is 1. The molecule has 150 valence electrons. The van der Waals surface area contributed by atoms with Crippen LogP contribution >= 0.6 is 0 Å². The van der Waals surface area contributed by atoms with Crippen molar-refractivity contribution in [2.24, 2.45) is 0 Å². The molecule has 0 saturated heterocycles. The number of pyridine rings is 1. The molecule has 8 nitrogen and oxygen atoms in total. The number of rotatable bonds is 7. The highest BCUT2D eigenvalue weighted by Crippen LogP contribution is 2.27. The van der Waals surface area contributed by atoms with Crippen molar-refractivity contribution in [3.8, 4) is 17.1 Å². The summed E-state index contributed by atoms with van der Waals surface area (Å²) < 4.78 is 1.94. The van der Waals surface area contributed by atoms with Crippen LogP contribution in [0.25, 0.3) is 28.1 Å². The molecule has 0 spiro atoms. The highest BCUT2D eigenvalue weighted by molar-refractivity contribution is 5.86. The van der Waals surface area contributed by atoms with E-state index in [2.05, 4.69) is 31.2 Å². The molecule has 0 fully saturated rings. The molecular formula is C21H25N7O. The predicted octanol–water partition coefficient (Wildman–Crippen LogP) is 2.78. The summed E-state index contributed by atoms with van der Waals surface area (Å²) in [5, 5.41) is 3.38. The molecule has 3 aromatic heterocycles. The van der Waals surface area contributed by atoms with Crippen molar-refractivity contribution in [3.63, 3.8) is 0 Å². The molecule has 8 heteroatoms. The fraction of sp³-hybridized carbons (Fsp3) is 0.286. The maximum Gasteiger partial charge on any atom is 0.261 e. The average molecular weight is 391 g/mol. The van der Waals surface area contributed by atoms with Gasteiger partial charge in [-0.3, -0.25) is 4.79 Å². The molecule has 0 atom stereocenters. The second kappa shape index (κ2) is 7.92. The van der Waals surface area contributed by atoms with Gasteiger partial charge in [0.1, 0.15) is 11.4 Å². The van der Waals surface area contributed by atoms with E-state index in [4.69, 9.17) is 4.98 Å². The van der Waals surface area contributed by atoms with E-state index in [0.717, 1.165) is 47.5 Å². The van der Waals surface area contributed by atoms with Crippen LogP contribution in [-0.4, -0.2) is 56.6 Å². The summed E-state index contributed by atoms with van der Waals surface area (Å²) in [6.45, 7) is 3.77. The summed E-state index contributed by atoms with van der Waals surface area (Å²) in [6, 6.07) is 5.95. The molecule has 0 radical (unpaired) electrons. The van der Waals surface area contributed by atoms with E-state index in [9.17, 15) is 4.79 Å². The van der Waals surface area contributed by atoms with Gasteiger partial charge in [0, 0.05) is 30.8 Å². The monoisotopic (exact) mass is 391 g/mol. The highest BCUT2D eigenvalue weighted by atomic mass is 16.1. The summed E-state index contributed by atoms with van der Waals surface area (Å²) >= 11 is 0. The Morgan fingerprint density at radius 1 is 1.28 bits per heavy atom. The molecule has 4 rings (SSSR count). The van der Waals surface area contributed by atoms with E-state index in [1.54, 1.807) is 18.7 Å². The van der Waals surface area contributed by atoms with Gasteiger partial charge in [0.05, 0.1) is 23.0 Å². The third-order valence-electron chi connectivity index (χ3n) is 4.86. The molecule has 1 aromatic carbocycles. The number of fused-ring (bicyclic) bond motifs is 1. The lowest BCUT2D eigenvalue weighted by Crippen LogP contribution is -2.18. The number of nitrogens with zero attached hydrogens (tertiary/aromatic N) is 4. The lowest BCUT2D eigenvalue weighted by molar-refractivity contribution is 0.405. The average Bonchev–Trinajstić information content (AvgIpc) is 3.35. The third-order valence-corrected chi connectivity index (χ3v) is 4.86. The van der Waals surface area contributed by atoms with Gasteiger partial charge in [-0.15, -0.1) is 0 Å². The van der Waals surface area contributed by atoms with E-state index < -0.39 is 0 Å². The molecule has 0 amide bonds. The number of nitrogens with one attached hydrogen (secondary N) is 3. The van der Waals surface area contributed by atoms with E-state index in [0.29, 0.717) is 11.4 Å². The van der Waals surface area contributed by atoms with E-state index in [-0.39, 0.29) is 5.56 Å². The molecule has 0 saturated carbocycles. The topological polar surface area (TPSA) is 94.6 Å². The van der Waals surface area contributed by atoms with Gasteiger partial charge in [-0.05, 0) is 57.7 Å². The van der Waals surface area contributed by atoms with Gasteiger partial charge in [0.15, 0.2) is 0 Å². The zero-order valence-corrected chi connectivity index (χ0v) is 16.9. The molecule has 0 aliphatic heterocycles. The molecule has 4 aromatic rings. The number of aryl methyl sites for hydroxylation is 1. The van der Waals surface area contributed by atoms with Gasteiger partial charge in [-0.25, -0.2) is 9.97 Å². The molecule has 0 aliphatic rings. The molecule has 29 heavy (non-hydrogen) atoms. The van der Waals surface area contributed by atoms with Crippen LogP contribution in [0, 0.1) is 6.92 Å². The van der Waals surface area contributed by atoms with E-state index in [1.165, 1.54) is 0 Å². The number of imidazole rings is 2. The Balaban J connectivity index is 1.71. The fourth-order valence-electron chi connectivity index (χ4n) is 3.43. The van der Waals surface area contributed by atoms with Crippen LogP contribution in [0.2, 0.25) is 0 Å². The fourth-order valence-corrected chi connectivity index (χ4v) is 3.43. The van der Waals surface area contributed by atoms with Crippen molar-refractivity contribution >= 4 is 16.7 Å². The Labute approximate surface area is 168 Å². The Kier molecular flexibility index (Phi) is 5.18. The van der Waals surface area contributed by atoms with Crippen LogP contribution < -0.4 is 10.9 Å². The van der Waals surface area contributed by atoms with Crippen LogP contribution in [0.1, 0.15) is 12.0 Å². The first kappa shape index (κ1) is 18.9. The van der Waals surface area contributed by atoms with Crippen molar-refractivity contribution in [2.75, 3.05) is 32.5 Å². The summed E-state index contributed by atoms with van der Waals surface area (Å²) in [7, 11) is 4.10. The van der Waals surface area contributed by atoms with Gasteiger partial charge in [0.25, 0.3) is 5.56 Å².